The number of aliphatic hydroxyl groups is 1. The van der Waals surface area contributed by atoms with Gasteiger partial charge >= 0.3 is 0 Å². The van der Waals surface area contributed by atoms with Crippen molar-refractivity contribution >= 4 is 0 Å². The number of nitriles is 1. The number of aliphatic hydroxyl groups excluding tert-OH is 1. The maximum absolute atomic E-state index is 7.67. The van der Waals surface area contributed by atoms with Crippen molar-refractivity contribution < 1.29 is 5.11 Å². The molecule has 0 heterocycles. The van der Waals surface area contributed by atoms with E-state index in [1.54, 1.807) is 13.0 Å². The van der Waals surface area contributed by atoms with Gasteiger partial charge in [0.15, 0.2) is 0 Å². The van der Waals surface area contributed by atoms with Crippen molar-refractivity contribution in [2.75, 3.05) is 6.61 Å². The Balaban J connectivity index is 0. The van der Waals surface area contributed by atoms with Crippen LogP contribution in [0.25, 0.3) is 0 Å². The molecular weight excluding hydrogens is 104 g/mol. The van der Waals surface area contributed by atoms with Crippen LogP contribution in [0.15, 0.2) is 12.3 Å². The Hall–Kier alpha value is -1.01. The zero-order chi connectivity index (χ0) is 6.99. The third-order valence-electron chi connectivity index (χ3n) is 0.144. The molecule has 0 aromatic rings. The van der Waals surface area contributed by atoms with Crippen LogP contribution in [0.2, 0.25) is 0 Å². The molecule has 46 valence electrons. The van der Waals surface area contributed by atoms with Crippen LogP contribution in [0.4, 0.5) is 0 Å². The van der Waals surface area contributed by atoms with Crippen LogP contribution in [0.3, 0.4) is 0 Å². The van der Waals surface area contributed by atoms with Gasteiger partial charge in [0.05, 0.1) is 0 Å². The van der Waals surface area contributed by atoms with Gasteiger partial charge in [-0.25, -0.2) is 0 Å². The molecule has 0 unspecified atom stereocenters. The normalized spacial score (nSPS) is 5.62. The van der Waals surface area contributed by atoms with Gasteiger partial charge in [-0.3, -0.25) is 0 Å². The Bertz CT molecular complexity index is 93.1. The highest BCUT2D eigenvalue weighted by Crippen LogP contribution is 1.60. The standard InChI is InChI=1S/C3H4N2.C2H6O/c1-3(5)2-4;1-2-3/h1,5H2;3H,2H2,1H3. The number of hydrogen-bond acceptors (Lipinski definition) is 3. The summed E-state index contributed by atoms with van der Waals surface area (Å²) >= 11 is 0. The smallest absolute Gasteiger partial charge is 0.116 e. The summed E-state index contributed by atoms with van der Waals surface area (Å²) in [6, 6.07) is 1.61. The molecule has 0 rings (SSSR count). The Morgan fingerprint density at radius 1 is 2.00 bits per heavy atom. The quantitative estimate of drug-likeness (QED) is 0.435. The number of nitrogens with two attached hydrogens (primary N) is 1. The Labute approximate surface area is 49.0 Å². The van der Waals surface area contributed by atoms with Crippen LogP contribution in [-0.4, -0.2) is 11.7 Å². The lowest BCUT2D eigenvalue weighted by atomic mass is 10.6. The van der Waals surface area contributed by atoms with Gasteiger partial charge in [-0.15, -0.1) is 0 Å². The molecule has 0 spiro atoms. The molecule has 0 aromatic heterocycles. The van der Waals surface area contributed by atoms with Gasteiger partial charge < -0.3 is 10.8 Å². The molecule has 0 atom stereocenters. The van der Waals surface area contributed by atoms with Crippen LogP contribution in [0.5, 0.6) is 0 Å². The third kappa shape index (κ3) is 81.1. The predicted octanol–water partition coefficient (Wildman–Crippen LogP) is -0.0190. The first-order valence-electron chi connectivity index (χ1n) is 2.14. The summed E-state index contributed by atoms with van der Waals surface area (Å²) in [6.07, 6.45) is 0. The van der Waals surface area contributed by atoms with E-state index in [-0.39, 0.29) is 12.3 Å². The molecule has 0 saturated carbocycles. The second-order valence-electron chi connectivity index (χ2n) is 0.953. The number of hydrogen-bond donors (Lipinski definition) is 2. The summed E-state index contributed by atoms with van der Waals surface area (Å²) in [5.74, 6) is 0. The second kappa shape index (κ2) is 9.37. The largest absolute Gasteiger partial charge is 0.397 e. The summed E-state index contributed by atoms with van der Waals surface area (Å²) < 4.78 is 0. The van der Waals surface area contributed by atoms with Crippen molar-refractivity contribution in [1.82, 2.24) is 0 Å². The van der Waals surface area contributed by atoms with E-state index in [1.807, 2.05) is 0 Å². The molecule has 0 fully saturated rings. The SMILES string of the molecule is C=C(N)C#N.CCO. The van der Waals surface area contributed by atoms with Crippen molar-refractivity contribution in [3.8, 4) is 6.07 Å². The molecule has 0 saturated heterocycles. The van der Waals surface area contributed by atoms with Crippen LogP contribution in [-0.2, 0) is 0 Å². The van der Waals surface area contributed by atoms with E-state index in [2.05, 4.69) is 6.58 Å². The highest BCUT2D eigenvalue weighted by molar-refractivity contribution is 5.09. The van der Waals surface area contributed by atoms with Gasteiger partial charge in [0.2, 0.25) is 0 Å². The van der Waals surface area contributed by atoms with Crippen molar-refractivity contribution in [3.05, 3.63) is 12.3 Å². The maximum Gasteiger partial charge on any atom is 0.116 e. The molecule has 3 heteroatoms. The van der Waals surface area contributed by atoms with Gasteiger partial charge in [0.1, 0.15) is 11.8 Å². The molecule has 8 heavy (non-hydrogen) atoms. The minimum absolute atomic E-state index is 0.0602. The number of rotatable bonds is 0. The summed E-state index contributed by atoms with van der Waals surface area (Å²) in [7, 11) is 0. The first kappa shape index (κ1) is 10.1. The minimum atomic E-state index is 0.0602. The van der Waals surface area contributed by atoms with E-state index in [1.165, 1.54) is 0 Å². The summed E-state index contributed by atoms with van der Waals surface area (Å²) in [5, 5.41) is 15.2. The molecule has 0 radical (unpaired) electrons. The maximum atomic E-state index is 7.67. The second-order valence-corrected chi connectivity index (χ2v) is 0.953. The predicted molar refractivity (Wildman–Crippen MR) is 31.7 cm³/mol. The van der Waals surface area contributed by atoms with E-state index in [0.717, 1.165) is 0 Å². The zero-order valence-electron chi connectivity index (χ0n) is 4.89. The lowest BCUT2D eigenvalue weighted by Crippen LogP contribution is -1.86. The average molecular weight is 114 g/mol. The van der Waals surface area contributed by atoms with Crippen LogP contribution >= 0.6 is 0 Å². The topological polar surface area (TPSA) is 70.0 Å². The van der Waals surface area contributed by atoms with Crippen molar-refractivity contribution in [2.24, 2.45) is 5.73 Å². The van der Waals surface area contributed by atoms with Gasteiger partial charge in [-0.1, -0.05) is 6.58 Å². The first-order chi connectivity index (χ1) is 3.68. The fourth-order valence-electron chi connectivity index (χ4n) is 0. The van der Waals surface area contributed by atoms with Crippen molar-refractivity contribution in [3.63, 3.8) is 0 Å². The molecule has 0 aliphatic rings. The van der Waals surface area contributed by atoms with Crippen LogP contribution < -0.4 is 5.73 Å². The molecule has 0 bridgehead atoms. The molecule has 0 aliphatic carbocycles. The Morgan fingerprint density at radius 3 is 2.12 bits per heavy atom. The highest BCUT2D eigenvalue weighted by Gasteiger charge is 1.64. The fourth-order valence-corrected chi connectivity index (χ4v) is 0. The summed E-state index contributed by atoms with van der Waals surface area (Å²) in [4.78, 5) is 0. The molecule has 3 N–H and O–H groups in total. The Morgan fingerprint density at radius 2 is 2.12 bits per heavy atom. The Kier molecular flexibility index (Phi) is 11.8. The van der Waals surface area contributed by atoms with E-state index in [9.17, 15) is 0 Å². The molecule has 0 aromatic carbocycles. The zero-order valence-corrected chi connectivity index (χ0v) is 4.89. The van der Waals surface area contributed by atoms with E-state index in [0.29, 0.717) is 0 Å². The lowest BCUT2D eigenvalue weighted by molar-refractivity contribution is 0.318. The van der Waals surface area contributed by atoms with Gasteiger partial charge in [-0.2, -0.15) is 5.26 Å². The number of nitrogens with zero attached hydrogens (tertiary/aromatic N) is 1. The van der Waals surface area contributed by atoms with E-state index in [4.69, 9.17) is 16.1 Å². The van der Waals surface area contributed by atoms with E-state index < -0.39 is 0 Å². The number of allylic oxidation sites excluding steroid dienone is 1. The monoisotopic (exact) mass is 114 g/mol. The molecule has 0 aliphatic heterocycles. The van der Waals surface area contributed by atoms with Crippen LogP contribution in [0.1, 0.15) is 6.92 Å². The molecule has 0 amide bonds. The minimum Gasteiger partial charge on any atom is -0.397 e. The van der Waals surface area contributed by atoms with Gasteiger partial charge in [-0.05, 0) is 6.92 Å². The van der Waals surface area contributed by atoms with Crippen LogP contribution in [0, 0.1) is 11.3 Å². The third-order valence-corrected chi connectivity index (χ3v) is 0.144. The van der Waals surface area contributed by atoms with Crippen molar-refractivity contribution in [2.45, 2.75) is 6.92 Å². The fraction of sp³-hybridized carbons (Fsp3) is 0.400. The van der Waals surface area contributed by atoms with Crippen molar-refractivity contribution in [1.29, 1.82) is 5.26 Å². The molecular formula is C5H10N2O. The first-order valence-corrected chi connectivity index (χ1v) is 2.14. The summed E-state index contributed by atoms with van der Waals surface area (Å²) in [6.45, 7) is 5.02. The summed E-state index contributed by atoms with van der Waals surface area (Å²) in [5.41, 5.74) is 4.80. The lowest BCUT2D eigenvalue weighted by Gasteiger charge is -1.65. The van der Waals surface area contributed by atoms with Gasteiger partial charge in [0, 0.05) is 6.61 Å². The van der Waals surface area contributed by atoms with E-state index >= 15 is 0 Å². The highest BCUT2D eigenvalue weighted by atomic mass is 16.2. The van der Waals surface area contributed by atoms with Gasteiger partial charge in [0.25, 0.3) is 0 Å². The average Bonchev–Trinajstić information content (AvgIpc) is 1.69. The molecule has 3 nitrogen and oxygen atoms in total.